The van der Waals surface area contributed by atoms with E-state index < -0.39 is 0 Å². The van der Waals surface area contributed by atoms with Crippen LogP contribution < -0.4 is 15.9 Å². The van der Waals surface area contributed by atoms with Crippen LogP contribution in [0.15, 0.2) is 41.5 Å². The summed E-state index contributed by atoms with van der Waals surface area (Å²) in [6.07, 6.45) is 1.45. The molecule has 24 heavy (non-hydrogen) atoms. The van der Waals surface area contributed by atoms with Crippen LogP contribution in [0.5, 0.6) is 5.75 Å². The van der Waals surface area contributed by atoms with Gasteiger partial charge in [-0.1, -0.05) is 59.1 Å². The number of halogens is 4. The van der Waals surface area contributed by atoms with Gasteiger partial charge in [0.2, 0.25) is 5.96 Å². The minimum atomic E-state index is -0.264. The molecule has 0 aliphatic rings. The monoisotopic (exact) mass is 406 g/mol. The van der Waals surface area contributed by atoms with Crippen LogP contribution in [0.3, 0.4) is 0 Å². The minimum Gasteiger partial charge on any atom is -0.487 e. The highest BCUT2D eigenvalue weighted by molar-refractivity contribution is 6.42. The van der Waals surface area contributed by atoms with Crippen molar-refractivity contribution in [3.05, 3.63) is 62.6 Å². The third-order valence-electron chi connectivity index (χ3n) is 2.80. The van der Waals surface area contributed by atoms with Crippen LogP contribution in [-0.4, -0.2) is 12.2 Å². The van der Waals surface area contributed by atoms with E-state index >= 15 is 0 Å². The second-order valence-electron chi connectivity index (χ2n) is 4.44. The lowest BCUT2D eigenvalue weighted by Gasteiger charge is -2.11. The summed E-state index contributed by atoms with van der Waals surface area (Å²) in [7, 11) is 0. The van der Waals surface area contributed by atoms with Crippen LogP contribution in [0.2, 0.25) is 15.1 Å². The highest BCUT2D eigenvalue weighted by Gasteiger charge is 2.09. The van der Waals surface area contributed by atoms with Gasteiger partial charge in [-0.05, 0) is 12.1 Å². The Bertz CT molecular complexity index is 752. The summed E-state index contributed by atoms with van der Waals surface area (Å²) < 4.78 is 5.70. The molecule has 128 valence electrons. The van der Waals surface area contributed by atoms with Crippen LogP contribution in [0.1, 0.15) is 11.1 Å². The van der Waals surface area contributed by atoms with E-state index in [2.05, 4.69) is 10.5 Å². The first kappa shape index (κ1) is 20.4. The molecule has 0 aliphatic heterocycles. The maximum absolute atomic E-state index is 7.03. The van der Waals surface area contributed by atoms with Crippen LogP contribution >= 0.6 is 47.2 Å². The fraction of sp³-hybridized carbons (Fsp3) is 0.0667. The Balaban J connectivity index is 0.00000288. The molecule has 0 fully saturated rings. The van der Waals surface area contributed by atoms with Crippen LogP contribution in [0, 0.1) is 5.41 Å². The second-order valence-corrected chi connectivity index (χ2v) is 5.61. The molecular weight excluding hydrogens is 394 g/mol. The minimum absolute atomic E-state index is 0. The van der Waals surface area contributed by atoms with Crippen LogP contribution in [-0.2, 0) is 6.61 Å². The Kier molecular flexibility index (Phi) is 8.15. The highest BCUT2D eigenvalue weighted by Crippen LogP contribution is 2.30. The Morgan fingerprint density at radius 2 is 1.88 bits per heavy atom. The number of hydrogen-bond acceptors (Lipinski definition) is 3. The van der Waals surface area contributed by atoms with Gasteiger partial charge in [0.25, 0.3) is 0 Å². The van der Waals surface area contributed by atoms with Crippen molar-refractivity contribution in [1.82, 2.24) is 5.43 Å². The molecule has 2 aromatic carbocycles. The van der Waals surface area contributed by atoms with Gasteiger partial charge in [0.05, 0.1) is 21.3 Å². The van der Waals surface area contributed by atoms with E-state index in [1.54, 1.807) is 30.3 Å². The zero-order chi connectivity index (χ0) is 16.8. The molecule has 0 aliphatic carbocycles. The molecule has 0 atom stereocenters. The number of nitrogens with one attached hydrogen (secondary N) is 2. The van der Waals surface area contributed by atoms with E-state index in [0.29, 0.717) is 26.4 Å². The van der Waals surface area contributed by atoms with Crippen molar-refractivity contribution in [1.29, 1.82) is 5.41 Å². The number of benzene rings is 2. The van der Waals surface area contributed by atoms with E-state index in [1.807, 2.05) is 6.07 Å². The largest absolute Gasteiger partial charge is 0.487 e. The average molecular weight is 408 g/mol. The Morgan fingerprint density at radius 1 is 1.17 bits per heavy atom. The van der Waals surface area contributed by atoms with E-state index in [0.717, 1.165) is 5.56 Å². The number of hydrazone groups is 1. The molecule has 5 nitrogen and oxygen atoms in total. The van der Waals surface area contributed by atoms with Crippen molar-refractivity contribution < 1.29 is 4.74 Å². The van der Waals surface area contributed by atoms with Crippen molar-refractivity contribution in [2.75, 3.05) is 0 Å². The number of nitrogens with zero attached hydrogens (tertiary/aromatic N) is 1. The standard InChI is InChI=1S/C15H13Cl3N4O.ClH/c16-11-5-1-4-10(13(11)17)8-23-12-6-2-3-9(14(12)18)7-21-22-15(19)20;/h1-7H,8H2,(H4,19,20,22);1H. The average Bonchev–Trinajstić information content (AvgIpc) is 2.51. The molecule has 0 aromatic heterocycles. The first-order valence-corrected chi connectivity index (χ1v) is 7.59. The zero-order valence-electron chi connectivity index (χ0n) is 12.2. The SMILES string of the molecule is Cl.N=C(N)NN=Cc1cccc(OCc2cccc(Cl)c2Cl)c1Cl. The molecule has 0 saturated carbocycles. The summed E-state index contributed by atoms with van der Waals surface area (Å²) in [4.78, 5) is 0. The number of rotatable bonds is 5. The Morgan fingerprint density at radius 3 is 2.58 bits per heavy atom. The molecule has 0 unspecified atom stereocenters. The van der Waals surface area contributed by atoms with Crippen molar-refractivity contribution in [2.45, 2.75) is 6.61 Å². The fourth-order valence-corrected chi connectivity index (χ4v) is 2.33. The lowest BCUT2D eigenvalue weighted by Crippen LogP contribution is -2.25. The van der Waals surface area contributed by atoms with E-state index in [4.69, 9.17) is 50.7 Å². The summed E-state index contributed by atoms with van der Waals surface area (Å²) in [5.74, 6) is 0.217. The number of ether oxygens (including phenoxy) is 1. The first-order valence-electron chi connectivity index (χ1n) is 6.46. The summed E-state index contributed by atoms with van der Waals surface area (Å²) in [6.45, 7) is 0.228. The normalized spacial score (nSPS) is 10.3. The lowest BCUT2D eigenvalue weighted by molar-refractivity contribution is 0.306. The van der Waals surface area contributed by atoms with Gasteiger partial charge >= 0.3 is 0 Å². The van der Waals surface area contributed by atoms with Gasteiger partial charge in [-0.15, -0.1) is 12.4 Å². The predicted molar refractivity (Wildman–Crippen MR) is 102 cm³/mol. The first-order chi connectivity index (χ1) is 11.0. The molecule has 4 N–H and O–H groups in total. The van der Waals surface area contributed by atoms with E-state index in [-0.39, 0.29) is 25.0 Å². The van der Waals surface area contributed by atoms with E-state index in [1.165, 1.54) is 6.21 Å². The van der Waals surface area contributed by atoms with Crippen molar-refractivity contribution in [3.63, 3.8) is 0 Å². The predicted octanol–water partition coefficient (Wildman–Crippen LogP) is 4.46. The van der Waals surface area contributed by atoms with Gasteiger partial charge in [-0.3, -0.25) is 5.41 Å². The molecule has 2 rings (SSSR count). The number of nitrogens with two attached hydrogens (primary N) is 1. The Hall–Kier alpha value is -1.66. The maximum Gasteiger partial charge on any atom is 0.206 e. The molecule has 0 bridgehead atoms. The zero-order valence-corrected chi connectivity index (χ0v) is 15.3. The van der Waals surface area contributed by atoms with Crippen LogP contribution in [0.4, 0.5) is 0 Å². The number of hydrogen-bond donors (Lipinski definition) is 3. The van der Waals surface area contributed by atoms with Crippen LogP contribution in [0.25, 0.3) is 0 Å². The summed E-state index contributed by atoms with van der Waals surface area (Å²) in [6, 6.07) is 10.6. The Labute approximate surface area is 160 Å². The number of guanidine groups is 1. The maximum atomic E-state index is 7.03. The van der Waals surface area contributed by atoms with Gasteiger partial charge in [0.15, 0.2) is 0 Å². The smallest absolute Gasteiger partial charge is 0.206 e. The molecule has 0 spiro atoms. The van der Waals surface area contributed by atoms with Gasteiger partial charge in [0, 0.05) is 11.1 Å². The highest BCUT2D eigenvalue weighted by atomic mass is 35.5. The summed E-state index contributed by atoms with van der Waals surface area (Å²) >= 11 is 18.4. The molecule has 0 amide bonds. The molecular formula is C15H14Cl4N4O. The van der Waals surface area contributed by atoms with E-state index in [9.17, 15) is 0 Å². The molecule has 2 aromatic rings. The van der Waals surface area contributed by atoms with Crippen molar-refractivity contribution in [3.8, 4) is 5.75 Å². The third-order valence-corrected chi connectivity index (χ3v) is 4.06. The van der Waals surface area contributed by atoms with Crippen molar-refractivity contribution >= 4 is 59.4 Å². The third kappa shape index (κ3) is 5.46. The molecule has 9 heteroatoms. The fourth-order valence-electron chi connectivity index (χ4n) is 1.73. The summed E-state index contributed by atoms with van der Waals surface area (Å²) in [5.41, 5.74) is 8.83. The molecule has 0 radical (unpaired) electrons. The van der Waals surface area contributed by atoms with Gasteiger partial charge < -0.3 is 10.5 Å². The van der Waals surface area contributed by atoms with Gasteiger partial charge in [-0.2, -0.15) is 5.10 Å². The quantitative estimate of drug-likeness (QED) is 0.388. The lowest BCUT2D eigenvalue weighted by atomic mass is 10.2. The second kappa shape index (κ2) is 9.59. The molecule has 0 heterocycles. The topological polar surface area (TPSA) is 83.5 Å². The van der Waals surface area contributed by atoms with Gasteiger partial charge in [0.1, 0.15) is 12.4 Å². The van der Waals surface area contributed by atoms with Crippen molar-refractivity contribution in [2.24, 2.45) is 10.8 Å². The summed E-state index contributed by atoms with van der Waals surface area (Å²) in [5, 5.41) is 12.1. The van der Waals surface area contributed by atoms with Gasteiger partial charge in [-0.25, -0.2) is 5.43 Å². The molecule has 0 saturated heterocycles.